The second-order valence-corrected chi connectivity index (χ2v) is 7.18. The van der Waals surface area contributed by atoms with E-state index < -0.39 is 6.04 Å². The van der Waals surface area contributed by atoms with Crippen LogP contribution in [0.3, 0.4) is 0 Å². The summed E-state index contributed by atoms with van der Waals surface area (Å²) in [7, 11) is 0. The number of rotatable bonds is 5. The summed E-state index contributed by atoms with van der Waals surface area (Å²) in [6.45, 7) is 1.83. The Kier molecular flexibility index (Phi) is 5.03. The summed E-state index contributed by atoms with van der Waals surface area (Å²) >= 11 is 0. The molecule has 2 heterocycles. The largest absolute Gasteiger partial charge is 0.361 e. The van der Waals surface area contributed by atoms with Crippen LogP contribution in [0.5, 0.6) is 0 Å². The van der Waals surface area contributed by atoms with E-state index >= 15 is 0 Å². The van der Waals surface area contributed by atoms with Crippen LogP contribution in [-0.2, 0) is 20.9 Å². The van der Waals surface area contributed by atoms with E-state index in [-0.39, 0.29) is 17.7 Å². The molecule has 0 radical (unpaired) electrons. The summed E-state index contributed by atoms with van der Waals surface area (Å²) in [6.07, 6.45) is 2.75. The molecule has 29 heavy (non-hydrogen) atoms. The zero-order valence-electron chi connectivity index (χ0n) is 16.1. The number of likely N-dealkylation sites (tertiary alicyclic amines) is 1. The number of fused-ring (bicyclic) bond motifs is 1. The average molecular weight is 390 g/mol. The van der Waals surface area contributed by atoms with Crippen LogP contribution in [0.2, 0.25) is 0 Å². The quantitative estimate of drug-likeness (QED) is 0.624. The molecule has 0 aliphatic carbocycles. The Hall–Kier alpha value is -3.61. The number of aromatic nitrogens is 1. The molecule has 0 spiro atoms. The van der Waals surface area contributed by atoms with Crippen LogP contribution in [-0.4, -0.2) is 33.6 Å². The maximum atomic E-state index is 12.8. The molecule has 1 unspecified atom stereocenters. The third-order valence-electron chi connectivity index (χ3n) is 5.12. The number of H-pyrrole nitrogens is 1. The smallest absolute Gasteiger partial charge is 0.247 e. The van der Waals surface area contributed by atoms with E-state index in [1.807, 2.05) is 30.5 Å². The fourth-order valence-electron chi connectivity index (χ4n) is 3.72. The van der Waals surface area contributed by atoms with E-state index in [2.05, 4.69) is 15.6 Å². The van der Waals surface area contributed by atoms with Gasteiger partial charge in [0.15, 0.2) is 0 Å². The lowest BCUT2D eigenvalue weighted by molar-refractivity contribution is -0.133. The molecule has 1 aromatic heterocycles. The number of anilines is 2. The number of para-hydroxylation sites is 1. The highest BCUT2D eigenvalue weighted by atomic mass is 16.2. The Labute approximate surface area is 168 Å². The molecule has 1 atom stereocenters. The average Bonchev–Trinajstić information content (AvgIpc) is 3.27. The van der Waals surface area contributed by atoms with Crippen molar-refractivity contribution in [3.63, 3.8) is 0 Å². The van der Waals surface area contributed by atoms with Crippen LogP contribution >= 0.6 is 0 Å². The summed E-state index contributed by atoms with van der Waals surface area (Å²) in [5.74, 6) is -0.376. The van der Waals surface area contributed by atoms with Crippen LogP contribution in [0.25, 0.3) is 10.9 Å². The van der Waals surface area contributed by atoms with Gasteiger partial charge in [-0.3, -0.25) is 14.4 Å². The van der Waals surface area contributed by atoms with Gasteiger partial charge in [0.25, 0.3) is 0 Å². The van der Waals surface area contributed by atoms with Crippen molar-refractivity contribution in [3.05, 3.63) is 60.3 Å². The Morgan fingerprint density at radius 2 is 1.76 bits per heavy atom. The number of nitrogens with one attached hydrogen (secondary N) is 3. The standard InChI is InChI=1S/C22H22N4O3/c1-14(27)24-16-6-8-17(9-7-16)25-22(29)20-10-11-21(28)26(20)13-15-12-23-19-5-3-2-4-18(15)19/h2-9,12,20,23H,10-11,13H2,1H3,(H,24,27)(H,25,29). The van der Waals surface area contributed by atoms with Gasteiger partial charge >= 0.3 is 0 Å². The number of carbonyl (C=O) groups is 3. The van der Waals surface area contributed by atoms with Crippen molar-refractivity contribution in [3.8, 4) is 0 Å². The monoisotopic (exact) mass is 390 g/mol. The molecular formula is C22H22N4O3. The number of carbonyl (C=O) groups excluding carboxylic acids is 3. The van der Waals surface area contributed by atoms with E-state index in [4.69, 9.17) is 0 Å². The summed E-state index contributed by atoms with van der Waals surface area (Å²) in [4.78, 5) is 41.3. The molecule has 2 aromatic carbocycles. The van der Waals surface area contributed by atoms with Crippen LogP contribution < -0.4 is 10.6 Å². The van der Waals surface area contributed by atoms with Crippen LogP contribution in [0.1, 0.15) is 25.3 Å². The molecule has 7 nitrogen and oxygen atoms in total. The maximum absolute atomic E-state index is 12.8. The maximum Gasteiger partial charge on any atom is 0.247 e. The number of amides is 3. The first-order valence-electron chi connectivity index (χ1n) is 9.54. The Bertz CT molecular complexity index is 1070. The lowest BCUT2D eigenvalue weighted by Gasteiger charge is -2.24. The first kappa shape index (κ1) is 18.7. The van der Waals surface area contributed by atoms with Crippen molar-refractivity contribution >= 4 is 40.0 Å². The van der Waals surface area contributed by atoms with E-state index in [0.29, 0.717) is 30.8 Å². The van der Waals surface area contributed by atoms with Gasteiger partial charge in [-0.2, -0.15) is 0 Å². The molecule has 1 saturated heterocycles. The van der Waals surface area contributed by atoms with Crippen molar-refractivity contribution in [1.82, 2.24) is 9.88 Å². The minimum absolute atomic E-state index is 0.0172. The van der Waals surface area contributed by atoms with Gasteiger partial charge in [-0.15, -0.1) is 0 Å². The Morgan fingerprint density at radius 3 is 2.48 bits per heavy atom. The summed E-state index contributed by atoms with van der Waals surface area (Å²) in [5, 5.41) is 6.62. The lowest BCUT2D eigenvalue weighted by atomic mass is 10.1. The van der Waals surface area contributed by atoms with Crippen molar-refractivity contribution in [1.29, 1.82) is 0 Å². The van der Waals surface area contributed by atoms with Gasteiger partial charge in [-0.1, -0.05) is 18.2 Å². The van der Waals surface area contributed by atoms with E-state index in [0.717, 1.165) is 16.5 Å². The first-order valence-corrected chi connectivity index (χ1v) is 9.54. The first-order chi connectivity index (χ1) is 14.0. The van der Waals surface area contributed by atoms with Crippen LogP contribution in [0, 0.1) is 0 Å². The molecule has 7 heteroatoms. The molecule has 148 valence electrons. The van der Waals surface area contributed by atoms with Gasteiger partial charge in [0.2, 0.25) is 17.7 Å². The molecule has 1 aliphatic heterocycles. The number of nitrogens with zero attached hydrogens (tertiary/aromatic N) is 1. The van der Waals surface area contributed by atoms with E-state index in [1.54, 1.807) is 29.2 Å². The van der Waals surface area contributed by atoms with E-state index in [1.165, 1.54) is 6.92 Å². The van der Waals surface area contributed by atoms with Gasteiger partial charge in [0, 0.05) is 48.4 Å². The molecule has 4 rings (SSSR count). The van der Waals surface area contributed by atoms with Gasteiger partial charge in [0.1, 0.15) is 6.04 Å². The van der Waals surface area contributed by atoms with Crippen molar-refractivity contribution in [2.45, 2.75) is 32.4 Å². The normalized spacial score (nSPS) is 16.2. The topological polar surface area (TPSA) is 94.3 Å². The number of aromatic amines is 1. The minimum Gasteiger partial charge on any atom is -0.361 e. The number of hydrogen-bond donors (Lipinski definition) is 3. The van der Waals surface area contributed by atoms with Crippen molar-refractivity contribution < 1.29 is 14.4 Å². The molecule has 0 bridgehead atoms. The third-order valence-corrected chi connectivity index (χ3v) is 5.12. The fourth-order valence-corrected chi connectivity index (χ4v) is 3.72. The second-order valence-electron chi connectivity index (χ2n) is 7.18. The predicted molar refractivity (Wildman–Crippen MR) is 111 cm³/mol. The third kappa shape index (κ3) is 3.99. The second kappa shape index (κ2) is 7.79. The van der Waals surface area contributed by atoms with Crippen molar-refractivity contribution in [2.75, 3.05) is 10.6 Å². The van der Waals surface area contributed by atoms with Crippen LogP contribution in [0.4, 0.5) is 11.4 Å². The highest BCUT2D eigenvalue weighted by Gasteiger charge is 2.36. The van der Waals surface area contributed by atoms with Crippen molar-refractivity contribution in [2.24, 2.45) is 0 Å². The Morgan fingerprint density at radius 1 is 1.07 bits per heavy atom. The Balaban J connectivity index is 1.47. The molecule has 3 N–H and O–H groups in total. The lowest BCUT2D eigenvalue weighted by Crippen LogP contribution is -2.41. The van der Waals surface area contributed by atoms with Gasteiger partial charge in [-0.25, -0.2) is 0 Å². The molecule has 3 amide bonds. The highest BCUT2D eigenvalue weighted by Crippen LogP contribution is 2.26. The molecule has 0 saturated carbocycles. The molecule has 1 fully saturated rings. The highest BCUT2D eigenvalue weighted by molar-refractivity contribution is 5.99. The van der Waals surface area contributed by atoms with Gasteiger partial charge in [-0.05, 0) is 42.3 Å². The molecule has 3 aromatic rings. The number of benzene rings is 2. The summed E-state index contributed by atoms with van der Waals surface area (Å²) in [6, 6.07) is 14.3. The molecule has 1 aliphatic rings. The predicted octanol–water partition coefficient (Wildman–Crippen LogP) is 3.26. The summed E-state index contributed by atoms with van der Waals surface area (Å²) < 4.78 is 0. The van der Waals surface area contributed by atoms with E-state index in [9.17, 15) is 14.4 Å². The summed E-state index contributed by atoms with van der Waals surface area (Å²) in [5.41, 5.74) is 3.28. The number of hydrogen-bond acceptors (Lipinski definition) is 3. The molecular weight excluding hydrogens is 368 g/mol. The fraction of sp³-hybridized carbons (Fsp3) is 0.227. The van der Waals surface area contributed by atoms with Crippen LogP contribution in [0.15, 0.2) is 54.7 Å². The zero-order chi connectivity index (χ0) is 20.4. The SMILES string of the molecule is CC(=O)Nc1ccc(NC(=O)C2CCC(=O)N2Cc2c[nH]c3ccccc23)cc1. The van der Waals surface area contributed by atoms with Gasteiger partial charge in [0.05, 0.1) is 0 Å². The minimum atomic E-state index is -0.508. The van der Waals surface area contributed by atoms with Gasteiger partial charge < -0.3 is 20.5 Å². The zero-order valence-corrected chi connectivity index (χ0v) is 16.1.